The van der Waals surface area contributed by atoms with E-state index in [1.54, 1.807) is 11.8 Å². The highest BCUT2D eigenvalue weighted by atomic mass is 32.2. The molecular formula is C16H25N5OS. The summed E-state index contributed by atoms with van der Waals surface area (Å²) >= 11 is 1.79. The van der Waals surface area contributed by atoms with Crippen LogP contribution in [0.25, 0.3) is 0 Å². The van der Waals surface area contributed by atoms with E-state index in [1.807, 2.05) is 0 Å². The number of hydrogen-bond acceptors (Lipinski definition) is 5. The van der Waals surface area contributed by atoms with Crippen LogP contribution in [0.1, 0.15) is 25.0 Å². The van der Waals surface area contributed by atoms with Crippen molar-refractivity contribution in [2.45, 2.75) is 43.6 Å². The van der Waals surface area contributed by atoms with E-state index in [4.69, 9.17) is 0 Å². The van der Waals surface area contributed by atoms with E-state index >= 15 is 0 Å². The molecule has 1 amide bonds. The molecule has 0 unspecified atom stereocenters. The molecule has 0 radical (unpaired) electrons. The lowest BCUT2D eigenvalue weighted by Crippen LogP contribution is -2.41. The van der Waals surface area contributed by atoms with E-state index in [1.165, 1.54) is 12.8 Å². The van der Waals surface area contributed by atoms with Gasteiger partial charge in [0.15, 0.2) is 5.16 Å². The molecule has 0 bridgehead atoms. The Morgan fingerprint density at radius 1 is 1.52 bits per heavy atom. The summed E-state index contributed by atoms with van der Waals surface area (Å²) in [5.74, 6) is 1.27. The van der Waals surface area contributed by atoms with Gasteiger partial charge in [0.1, 0.15) is 0 Å². The number of piperidine rings is 1. The van der Waals surface area contributed by atoms with Crippen molar-refractivity contribution in [3.8, 4) is 0 Å². The fourth-order valence-corrected chi connectivity index (χ4v) is 5.19. The van der Waals surface area contributed by atoms with Crippen LogP contribution in [0.4, 0.5) is 0 Å². The SMILES string of the molecule is CN1CC2(CCNCC2)C[C@@H]1C(=O)NCc1cn2c(n1)SCC2. The summed E-state index contributed by atoms with van der Waals surface area (Å²) in [6, 6.07) is 0.0111. The Hall–Kier alpha value is -1.05. The average molecular weight is 335 g/mol. The Morgan fingerprint density at radius 2 is 2.35 bits per heavy atom. The van der Waals surface area contributed by atoms with Crippen molar-refractivity contribution >= 4 is 17.7 Å². The highest BCUT2D eigenvalue weighted by Crippen LogP contribution is 2.41. The number of imidazole rings is 1. The largest absolute Gasteiger partial charge is 0.349 e. The second kappa shape index (κ2) is 6.11. The molecule has 0 aromatic carbocycles. The topological polar surface area (TPSA) is 62.2 Å². The molecule has 2 saturated heterocycles. The van der Waals surface area contributed by atoms with Crippen molar-refractivity contribution in [3.63, 3.8) is 0 Å². The molecule has 0 aliphatic carbocycles. The molecule has 1 aromatic heterocycles. The van der Waals surface area contributed by atoms with Crippen LogP contribution in [0, 0.1) is 5.41 Å². The molecule has 2 N–H and O–H groups in total. The van der Waals surface area contributed by atoms with Crippen molar-refractivity contribution in [1.29, 1.82) is 0 Å². The van der Waals surface area contributed by atoms with E-state index in [9.17, 15) is 4.79 Å². The fourth-order valence-electron chi connectivity index (χ4n) is 4.22. The summed E-state index contributed by atoms with van der Waals surface area (Å²) in [6.07, 6.45) is 5.44. The second-order valence-electron chi connectivity index (χ2n) is 7.16. The van der Waals surface area contributed by atoms with Gasteiger partial charge in [-0.2, -0.15) is 0 Å². The van der Waals surface area contributed by atoms with E-state index in [0.717, 1.165) is 49.2 Å². The molecule has 0 saturated carbocycles. The molecular weight excluding hydrogens is 310 g/mol. The number of aryl methyl sites for hydroxylation is 1. The predicted octanol–water partition coefficient (Wildman–Crippen LogP) is 0.679. The highest BCUT2D eigenvalue weighted by molar-refractivity contribution is 7.99. The number of likely N-dealkylation sites (tertiary alicyclic amines) is 1. The lowest BCUT2D eigenvalue weighted by atomic mass is 9.77. The Morgan fingerprint density at radius 3 is 3.13 bits per heavy atom. The number of rotatable bonds is 3. The van der Waals surface area contributed by atoms with Crippen LogP contribution in [-0.4, -0.2) is 58.8 Å². The number of carbonyl (C=O) groups excluding carboxylic acids is 1. The van der Waals surface area contributed by atoms with Crippen molar-refractivity contribution < 1.29 is 4.79 Å². The molecule has 4 heterocycles. The number of amides is 1. The molecule has 126 valence electrons. The molecule has 1 aromatic rings. The van der Waals surface area contributed by atoms with Gasteiger partial charge in [-0.1, -0.05) is 11.8 Å². The Balaban J connectivity index is 1.35. The summed E-state index contributed by atoms with van der Waals surface area (Å²) in [5.41, 5.74) is 1.31. The predicted molar refractivity (Wildman–Crippen MR) is 90.4 cm³/mol. The third-order valence-corrected chi connectivity index (χ3v) is 6.48. The zero-order valence-corrected chi connectivity index (χ0v) is 14.5. The Bertz CT molecular complexity index is 574. The number of hydrogen-bond donors (Lipinski definition) is 2. The van der Waals surface area contributed by atoms with Crippen LogP contribution in [-0.2, 0) is 17.9 Å². The van der Waals surface area contributed by atoms with E-state index in [0.29, 0.717) is 12.0 Å². The summed E-state index contributed by atoms with van der Waals surface area (Å²) in [7, 11) is 2.09. The second-order valence-corrected chi connectivity index (χ2v) is 8.22. The van der Waals surface area contributed by atoms with Gasteiger partial charge in [0, 0.05) is 25.0 Å². The maximum absolute atomic E-state index is 12.6. The summed E-state index contributed by atoms with van der Waals surface area (Å²) in [4.78, 5) is 19.4. The molecule has 6 nitrogen and oxygen atoms in total. The summed E-state index contributed by atoms with van der Waals surface area (Å²) in [5, 5.41) is 7.61. The first-order valence-corrected chi connectivity index (χ1v) is 9.51. The molecule has 3 aliphatic rings. The number of fused-ring (bicyclic) bond motifs is 1. The van der Waals surface area contributed by atoms with Crippen LogP contribution in [0.5, 0.6) is 0 Å². The van der Waals surface area contributed by atoms with Crippen LogP contribution in [0.2, 0.25) is 0 Å². The highest BCUT2D eigenvalue weighted by Gasteiger charge is 2.45. The van der Waals surface area contributed by atoms with Crippen LogP contribution in [0.15, 0.2) is 11.4 Å². The first-order valence-electron chi connectivity index (χ1n) is 8.53. The number of nitrogens with one attached hydrogen (secondary N) is 2. The monoisotopic (exact) mass is 335 g/mol. The number of nitrogens with zero attached hydrogens (tertiary/aromatic N) is 3. The van der Waals surface area contributed by atoms with Gasteiger partial charge in [0.25, 0.3) is 0 Å². The summed E-state index contributed by atoms with van der Waals surface area (Å²) in [6.45, 7) is 4.78. The zero-order chi connectivity index (χ0) is 15.9. The molecule has 2 fully saturated rings. The van der Waals surface area contributed by atoms with Crippen LogP contribution >= 0.6 is 11.8 Å². The molecule has 1 spiro atoms. The minimum atomic E-state index is 0.0111. The normalized spacial score (nSPS) is 26.6. The van der Waals surface area contributed by atoms with Crippen LogP contribution in [0.3, 0.4) is 0 Å². The van der Waals surface area contributed by atoms with E-state index < -0.39 is 0 Å². The lowest BCUT2D eigenvalue weighted by molar-refractivity contribution is -0.125. The molecule has 3 aliphatic heterocycles. The third-order valence-electron chi connectivity index (χ3n) is 5.51. The molecule has 1 atom stereocenters. The Kier molecular flexibility index (Phi) is 4.11. The van der Waals surface area contributed by atoms with E-state index in [2.05, 4.69) is 38.3 Å². The molecule has 7 heteroatoms. The quantitative estimate of drug-likeness (QED) is 0.851. The Labute approximate surface area is 141 Å². The first-order chi connectivity index (χ1) is 11.2. The minimum absolute atomic E-state index is 0.0111. The maximum Gasteiger partial charge on any atom is 0.237 e. The minimum Gasteiger partial charge on any atom is -0.349 e. The van der Waals surface area contributed by atoms with E-state index in [-0.39, 0.29) is 11.9 Å². The summed E-state index contributed by atoms with van der Waals surface area (Å²) < 4.78 is 2.18. The third kappa shape index (κ3) is 3.02. The van der Waals surface area contributed by atoms with Gasteiger partial charge >= 0.3 is 0 Å². The van der Waals surface area contributed by atoms with Crippen molar-refractivity contribution in [2.24, 2.45) is 5.41 Å². The van der Waals surface area contributed by atoms with Crippen molar-refractivity contribution in [2.75, 3.05) is 32.4 Å². The molecule has 4 rings (SSSR count). The molecule has 23 heavy (non-hydrogen) atoms. The van der Waals surface area contributed by atoms with Gasteiger partial charge < -0.3 is 15.2 Å². The number of thioether (sulfide) groups is 1. The van der Waals surface area contributed by atoms with Gasteiger partial charge in [-0.05, 0) is 44.8 Å². The van der Waals surface area contributed by atoms with Gasteiger partial charge in [-0.3, -0.25) is 9.69 Å². The smallest absolute Gasteiger partial charge is 0.237 e. The van der Waals surface area contributed by atoms with Gasteiger partial charge in [-0.15, -0.1) is 0 Å². The standard InChI is InChI=1S/C16H25N5OS/c1-20-11-16(2-4-17-5-3-16)8-13(20)14(22)18-9-12-10-21-6-7-23-15(21)19-12/h10,13,17H,2-9,11H2,1H3,(H,18,22)/t13-/m1/s1. The average Bonchev–Trinajstić information content (AvgIpc) is 3.19. The van der Waals surface area contributed by atoms with Crippen molar-refractivity contribution in [3.05, 3.63) is 11.9 Å². The number of aromatic nitrogens is 2. The first kappa shape index (κ1) is 15.5. The maximum atomic E-state index is 12.6. The van der Waals surface area contributed by atoms with Crippen molar-refractivity contribution in [1.82, 2.24) is 25.1 Å². The van der Waals surface area contributed by atoms with Gasteiger partial charge in [0.2, 0.25) is 5.91 Å². The lowest BCUT2D eigenvalue weighted by Gasteiger charge is -2.33. The zero-order valence-electron chi connectivity index (χ0n) is 13.7. The number of carbonyl (C=O) groups is 1. The van der Waals surface area contributed by atoms with Gasteiger partial charge in [-0.25, -0.2) is 4.98 Å². The van der Waals surface area contributed by atoms with Crippen LogP contribution < -0.4 is 10.6 Å². The fraction of sp³-hybridized carbons (Fsp3) is 0.750. The van der Waals surface area contributed by atoms with Gasteiger partial charge in [0.05, 0.1) is 18.3 Å². The number of likely N-dealkylation sites (N-methyl/N-ethyl adjacent to an activating group) is 1.